The largest absolute Gasteiger partial charge is 0.328 e. The molecule has 1 aromatic heterocycles. The molecule has 0 aliphatic carbocycles. The predicted molar refractivity (Wildman–Crippen MR) is 62.5 cm³/mol. The van der Waals surface area contributed by atoms with Crippen LogP contribution in [-0.4, -0.2) is 16.3 Å². The maximum Gasteiger partial charge on any atom is 0.0689 e. The van der Waals surface area contributed by atoms with Crippen LogP contribution in [0, 0.1) is 8.99 Å². The van der Waals surface area contributed by atoms with Crippen LogP contribution in [0.25, 0.3) is 0 Å². The predicted octanol–water partition coefficient (Wildman–Crippen LogP) is 2.03. The molecule has 1 rings (SSSR count). The van der Waals surface area contributed by atoms with Gasteiger partial charge in [-0.15, -0.1) is 0 Å². The molecular formula is C9H16IN3. The average Bonchev–Trinajstić information content (AvgIpc) is 2.34. The Balaban J connectivity index is 2.91. The summed E-state index contributed by atoms with van der Waals surface area (Å²) >= 11 is 2.25. The molecule has 3 nitrogen and oxygen atoms in total. The van der Waals surface area contributed by atoms with E-state index in [1.165, 1.54) is 0 Å². The maximum absolute atomic E-state index is 5.74. The number of rotatable bonds is 2. The van der Waals surface area contributed by atoms with Crippen molar-refractivity contribution in [1.29, 1.82) is 0 Å². The lowest BCUT2D eigenvalue weighted by molar-refractivity contribution is 0.231. The highest BCUT2D eigenvalue weighted by atomic mass is 127. The molecule has 0 aliphatic rings. The first-order chi connectivity index (χ1) is 5.95. The van der Waals surface area contributed by atoms with E-state index in [2.05, 4.69) is 48.5 Å². The summed E-state index contributed by atoms with van der Waals surface area (Å²) < 4.78 is 3.11. The normalized spacial score (nSPS) is 14.5. The van der Waals surface area contributed by atoms with Crippen molar-refractivity contribution in [2.45, 2.75) is 26.8 Å². The Morgan fingerprint density at radius 2 is 2.23 bits per heavy atom. The van der Waals surface area contributed by atoms with Crippen molar-refractivity contribution in [2.24, 2.45) is 11.1 Å². The van der Waals surface area contributed by atoms with E-state index in [0.29, 0.717) is 6.54 Å². The second-order valence-corrected chi connectivity index (χ2v) is 5.50. The number of nitrogens with zero attached hydrogens (tertiary/aromatic N) is 2. The SMILES string of the molecule is CC(C)(C)C(CN)n1cc(I)cn1. The van der Waals surface area contributed by atoms with E-state index in [-0.39, 0.29) is 11.5 Å². The molecule has 0 radical (unpaired) electrons. The second kappa shape index (κ2) is 3.96. The number of aromatic nitrogens is 2. The molecule has 0 spiro atoms. The topological polar surface area (TPSA) is 43.8 Å². The fourth-order valence-corrected chi connectivity index (χ4v) is 1.75. The van der Waals surface area contributed by atoms with E-state index in [1.807, 2.05) is 17.1 Å². The summed E-state index contributed by atoms with van der Waals surface area (Å²) in [7, 11) is 0. The summed E-state index contributed by atoms with van der Waals surface area (Å²) in [4.78, 5) is 0. The van der Waals surface area contributed by atoms with Crippen LogP contribution in [0.15, 0.2) is 12.4 Å². The molecular weight excluding hydrogens is 277 g/mol. The third-order valence-electron chi connectivity index (χ3n) is 2.11. The minimum atomic E-state index is 0.157. The van der Waals surface area contributed by atoms with Gasteiger partial charge in [-0.1, -0.05) is 20.8 Å². The first kappa shape index (κ1) is 11.0. The first-order valence-corrected chi connectivity index (χ1v) is 5.42. The fourth-order valence-electron chi connectivity index (χ4n) is 1.34. The Morgan fingerprint density at radius 1 is 1.62 bits per heavy atom. The molecule has 0 bridgehead atoms. The number of hydrogen-bond donors (Lipinski definition) is 1. The van der Waals surface area contributed by atoms with Crippen molar-refractivity contribution in [1.82, 2.24) is 9.78 Å². The zero-order valence-electron chi connectivity index (χ0n) is 8.29. The van der Waals surface area contributed by atoms with Crippen LogP contribution in [0.3, 0.4) is 0 Å². The molecule has 1 aromatic rings. The Labute approximate surface area is 92.8 Å². The standard InChI is InChI=1S/C9H16IN3/c1-9(2,3)8(4-11)13-6-7(10)5-12-13/h5-6,8H,4,11H2,1-3H3. The highest BCUT2D eigenvalue weighted by Gasteiger charge is 2.25. The van der Waals surface area contributed by atoms with Gasteiger partial charge in [0.05, 0.1) is 15.8 Å². The number of hydrogen-bond acceptors (Lipinski definition) is 2. The monoisotopic (exact) mass is 293 g/mol. The van der Waals surface area contributed by atoms with Crippen molar-refractivity contribution < 1.29 is 0 Å². The van der Waals surface area contributed by atoms with E-state index < -0.39 is 0 Å². The van der Waals surface area contributed by atoms with Crippen LogP contribution >= 0.6 is 22.6 Å². The van der Waals surface area contributed by atoms with Gasteiger partial charge in [0.25, 0.3) is 0 Å². The van der Waals surface area contributed by atoms with Gasteiger partial charge >= 0.3 is 0 Å². The molecule has 0 fully saturated rings. The van der Waals surface area contributed by atoms with E-state index >= 15 is 0 Å². The molecule has 4 heteroatoms. The van der Waals surface area contributed by atoms with E-state index in [9.17, 15) is 0 Å². The average molecular weight is 293 g/mol. The van der Waals surface area contributed by atoms with Gasteiger partial charge in [0.15, 0.2) is 0 Å². The maximum atomic E-state index is 5.74. The van der Waals surface area contributed by atoms with Crippen LogP contribution in [-0.2, 0) is 0 Å². The van der Waals surface area contributed by atoms with Gasteiger partial charge in [-0.2, -0.15) is 5.10 Å². The van der Waals surface area contributed by atoms with Crippen molar-refractivity contribution >= 4 is 22.6 Å². The summed E-state index contributed by atoms with van der Waals surface area (Å²) in [5.41, 5.74) is 5.89. The molecule has 1 heterocycles. The Bertz CT molecular complexity index is 275. The summed E-state index contributed by atoms with van der Waals surface area (Å²) in [5.74, 6) is 0. The van der Waals surface area contributed by atoms with E-state index in [4.69, 9.17) is 5.73 Å². The van der Waals surface area contributed by atoms with Gasteiger partial charge < -0.3 is 5.73 Å². The van der Waals surface area contributed by atoms with Gasteiger partial charge in [-0.25, -0.2) is 0 Å². The molecule has 1 atom stereocenters. The lowest BCUT2D eigenvalue weighted by atomic mass is 9.87. The third kappa shape index (κ3) is 2.67. The Hall–Kier alpha value is -0.100. The lowest BCUT2D eigenvalue weighted by Crippen LogP contribution is -2.31. The molecule has 0 amide bonds. The molecule has 0 aliphatic heterocycles. The van der Waals surface area contributed by atoms with Gasteiger partial charge in [-0.3, -0.25) is 4.68 Å². The minimum Gasteiger partial charge on any atom is -0.328 e. The number of halogens is 1. The van der Waals surface area contributed by atoms with Gasteiger partial charge in [0.1, 0.15) is 0 Å². The smallest absolute Gasteiger partial charge is 0.0689 e. The molecule has 0 aromatic carbocycles. The lowest BCUT2D eigenvalue weighted by Gasteiger charge is -2.29. The third-order valence-corrected chi connectivity index (χ3v) is 2.67. The van der Waals surface area contributed by atoms with Crippen molar-refractivity contribution in [3.8, 4) is 0 Å². The molecule has 0 saturated heterocycles. The zero-order valence-corrected chi connectivity index (χ0v) is 10.4. The highest BCUT2D eigenvalue weighted by molar-refractivity contribution is 14.1. The van der Waals surface area contributed by atoms with Crippen molar-refractivity contribution in [3.05, 3.63) is 16.0 Å². The van der Waals surface area contributed by atoms with Crippen LogP contribution in [0.1, 0.15) is 26.8 Å². The molecule has 74 valence electrons. The van der Waals surface area contributed by atoms with Crippen LogP contribution < -0.4 is 5.73 Å². The van der Waals surface area contributed by atoms with Crippen LogP contribution in [0.2, 0.25) is 0 Å². The molecule has 1 unspecified atom stereocenters. The van der Waals surface area contributed by atoms with E-state index in [1.54, 1.807) is 0 Å². The van der Waals surface area contributed by atoms with Crippen molar-refractivity contribution in [2.75, 3.05) is 6.54 Å². The fraction of sp³-hybridized carbons (Fsp3) is 0.667. The quantitative estimate of drug-likeness (QED) is 0.848. The minimum absolute atomic E-state index is 0.157. The van der Waals surface area contributed by atoms with Crippen molar-refractivity contribution in [3.63, 3.8) is 0 Å². The molecule has 13 heavy (non-hydrogen) atoms. The number of nitrogens with two attached hydrogens (primary N) is 1. The molecule has 2 N–H and O–H groups in total. The van der Waals surface area contributed by atoms with Crippen LogP contribution in [0.4, 0.5) is 0 Å². The zero-order chi connectivity index (χ0) is 10.1. The molecule has 0 saturated carbocycles. The summed E-state index contributed by atoms with van der Waals surface area (Å²) in [6, 6.07) is 0.274. The summed E-state index contributed by atoms with van der Waals surface area (Å²) in [6.45, 7) is 7.17. The van der Waals surface area contributed by atoms with E-state index in [0.717, 1.165) is 3.57 Å². The summed E-state index contributed by atoms with van der Waals surface area (Å²) in [5, 5.41) is 4.28. The Kier molecular flexibility index (Phi) is 3.34. The second-order valence-electron chi connectivity index (χ2n) is 4.26. The van der Waals surface area contributed by atoms with Gasteiger partial charge in [-0.05, 0) is 28.0 Å². The van der Waals surface area contributed by atoms with Crippen LogP contribution in [0.5, 0.6) is 0 Å². The Morgan fingerprint density at radius 3 is 2.54 bits per heavy atom. The van der Waals surface area contributed by atoms with Gasteiger partial charge in [0, 0.05) is 12.7 Å². The first-order valence-electron chi connectivity index (χ1n) is 4.35. The van der Waals surface area contributed by atoms with Gasteiger partial charge in [0.2, 0.25) is 0 Å². The summed E-state index contributed by atoms with van der Waals surface area (Å²) in [6.07, 6.45) is 3.89. The highest BCUT2D eigenvalue weighted by Crippen LogP contribution is 2.29.